The average molecular weight is 261 g/mol. The smallest absolute Gasteiger partial charge is 0.00696 e. The van der Waals surface area contributed by atoms with Gasteiger partial charge >= 0.3 is 0 Å². The van der Waals surface area contributed by atoms with Crippen LogP contribution in [-0.2, 0) is 6.42 Å². The van der Waals surface area contributed by atoms with Gasteiger partial charge in [0.2, 0.25) is 0 Å². The lowest BCUT2D eigenvalue weighted by Crippen LogP contribution is -2.31. The maximum atomic E-state index is 3.67. The van der Waals surface area contributed by atoms with E-state index in [1.54, 1.807) is 0 Å². The Labute approximate surface area is 119 Å². The summed E-state index contributed by atoms with van der Waals surface area (Å²) < 4.78 is 0. The maximum Gasteiger partial charge on any atom is 0.00696 e. The fourth-order valence-electron chi connectivity index (χ4n) is 2.81. The van der Waals surface area contributed by atoms with Gasteiger partial charge < -0.3 is 5.32 Å². The van der Waals surface area contributed by atoms with Crippen LogP contribution >= 0.6 is 0 Å². The molecule has 108 valence electrons. The van der Waals surface area contributed by atoms with Gasteiger partial charge in [-0.2, -0.15) is 0 Å². The molecule has 0 fully saturated rings. The van der Waals surface area contributed by atoms with E-state index in [-0.39, 0.29) is 0 Å². The van der Waals surface area contributed by atoms with Crippen molar-refractivity contribution >= 4 is 0 Å². The molecule has 1 atom stereocenters. The second-order valence-electron chi connectivity index (χ2n) is 5.55. The van der Waals surface area contributed by atoms with Crippen LogP contribution in [0.25, 0.3) is 0 Å². The third kappa shape index (κ3) is 6.77. The van der Waals surface area contributed by atoms with Crippen molar-refractivity contribution in [2.75, 3.05) is 6.54 Å². The van der Waals surface area contributed by atoms with Gasteiger partial charge in [-0.25, -0.2) is 0 Å². The normalized spacial score (nSPS) is 12.8. The van der Waals surface area contributed by atoms with Crippen LogP contribution in [0.1, 0.15) is 58.4 Å². The molecule has 0 saturated heterocycles. The Kier molecular flexibility index (Phi) is 8.57. The van der Waals surface area contributed by atoms with Crippen molar-refractivity contribution in [3.63, 3.8) is 0 Å². The number of aryl methyl sites for hydroxylation is 1. The fourth-order valence-corrected chi connectivity index (χ4v) is 2.81. The SMILES string of the molecule is CCNC(CCCc1ccccc1)CC(CC)CC. The highest BCUT2D eigenvalue weighted by molar-refractivity contribution is 5.14. The summed E-state index contributed by atoms with van der Waals surface area (Å²) in [6.07, 6.45) is 7.79. The van der Waals surface area contributed by atoms with E-state index >= 15 is 0 Å². The van der Waals surface area contributed by atoms with Crippen molar-refractivity contribution in [1.82, 2.24) is 5.32 Å². The minimum Gasteiger partial charge on any atom is -0.314 e. The molecule has 1 aromatic carbocycles. The molecule has 0 radical (unpaired) electrons. The minimum atomic E-state index is 0.707. The molecule has 0 amide bonds. The molecule has 0 bridgehead atoms. The van der Waals surface area contributed by atoms with E-state index in [1.165, 1.54) is 44.1 Å². The first kappa shape index (κ1) is 16.2. The zero-order valence-corrected chi connectivity index (χ0v) is 13.0. The molecular formula is C18H31N. The summed E-state index contributed by atoms with van der Waals surface area (Å²) in [7, 11) is 0. The number of hydrogen-bond acceptors (Lipinski definition) is 1. The van der Waals surface area contributed by atoms with Gasteiger partial charge in [0, 0.05) is 6.04 Å². The standard InChI is InChI=1S/C18H31N/c1-4-16(5-2)15-18(19-6-3)14-10-13-17-11-8-7-9-12-17/h7-9,11-12,16,18-19H,4-6,10,13-15H2,1-3H3. The maximum absolute atomic E-state index is 3.67. The summed E-state index contributed by atoms with van der Waals surface area (Å²) >= 11 is 0. The highest BCUT2D eigenvalue weighted by Gasteiger charge is 2.12. The number of hydrogen-bond donors (Lipinski definition) is 1. The van der Waals surface area contributed by atoms with Gasteiger partial charge in [-0.15, -0.1) is 0 Å². The van der Waals surface area contributed by atoms with Crippen LogP contribution in [0.4, 0.5) is 0 Å². The topological polar surface area (TPSA) is 12.0 Å². The van der Waals surface area contributed by atoms with E-state index in [9.17, 15) is 0 Å². The molecule has 1 heteroatoms. The Bertz CT molecular complexity index is 303. The summed E-state index contributed by atoms with van der Waals surface area (Å²) in [4.78, 5) is 0. The molecule has 0 aliphatic heterocycles. The second-order valence-corrected chi connectivity index (χ2v) is 5.55. The zero-order valence-electron chi connectivity index (χ0n) is 13.0. The molecule has 1 rings (SSSR count). The molecule has 19 heavy (non-hydrogen) atoms. The predicted octanol–water partition coefficient (Wildman–Crippen LogP) is 4.81. The van der Waals surface area contributed by atoms with Crippen LogP contribution in [0, 0.1) is 5.92 Å². The van der Waals surface area contributed by atoms with Crippen molar-refractivity contribution < 1.29 is 0 Å². The Balaban J connectivity index is 2.32. The largest absolute Gasteiger partial charge is 0.314 e. The molecule has 0 saturated carbocycles. The third-order valence-electron chi connectivity index (χ3n) is 4.13. The lowest BCUT2D eigenvalue weighted by atomic mass is 9.92. The number of nitrogens with one attached hydrogen (secondary N) is 1. The first-order valence-corrected chi connectivity index (χ1v) is 8.07. The van der Waals surface area contributed by atoms with Crippen molar-refractivity contribution in [2.45, 2.75) is 65.3 Å². The second kappa shape index (κ2) is 10.0. The van der Waals surface area contributed by atoms with E-state index in [4.69, 9.17) is 0 Å². The van der Waals surface area contributed by atoms with Gasteiger partial charge in [0.1, 0.15) is 0 Å². The van der Waals surface area contributed by atoms with Crippen LogP contribution in [0.3, 0.4) is 0 Å². The molecule has 1 aromatic rings. The van der Waals surface area contributed by atoms with E-state index in [1.807, 2.05) is 0 Å². The molecule has 0 aliphatic carbocycles. The first-order chi connectivity index (χ1) is 9.30. The summed E-state index contributed by atoms with van der Waals surface area (Å²) in [5.74, 6) is 0.890. The molecular weight excluding hydrogens is 230 g/mol. The Morgan fingerprint density at radius 1 is 1.00 bits per heavy atom. The Morgan fingerprint density at radius 2 is 1.68 bits per heavy atom. The van der Waals surface area contributed by atoms with E-state index in [2.05, 4.69) is 56.4 Å². The first-order valence-electron chi connectivity index (χ1n) is 8.07. The van der Waals surface area contributed by atoms with Crippen molar-refractivity contribution in [2.24, 2.45) is 5.92 Å². The van der Waals surface area contributed by atoms with Gasteiger partial charge in [-0.05, 0) is 43.7 Å². The number of benzene rings is 1. The van der Waals surface area contributed by atoms with Crippen molar-refractivity contribution in [1.29, 1.82) is 0 Å². The molecule has 1 N–H and O–H groups in total. The van der Waals surface area contributed by atoms with E-state index < -0.39 is 0 Å². The summed E-state index contributed by atoms with van der Waals surface area (Å²) in [5, 5.41) is 3.67. The zero-order chi connectivity index (χ0) is 13.9. The molecule has 1 unspecified atom stereocenters. The third-order valence-corrected chi connectivity index (χ3v) is 4.13. The van der Waals surface area contributed by atoms with E-state index in [0.717, 1.165) is 12.5 Å². The minimum absolute atomic E-state index is 0.707. The predicted molar refractivity (Wildman–Crippen MR) is 85.5 cm³/mol. The average Bonchev–Trinajstić information content (AvgIpc) is 2.45. The van der Waals surface area contributed by atoms with Gasteiger partial charge in [0.25, 0.3) is 0 Å². The van der Waals surface area contributed by atoms with Crippen LogP contribution in [0.2, 0.25) is 0 Å². The molecule has 0 heterocycles. The summed E-state index contributed by atoms with van der Waals surface area (Å²) in [5.41, 5.74) is 1.47. The van der Waals surface area contributed by atoms with Crippen molar-refractivity contribution in [3.8, 4) is 0 Å². The van der Waals surface area contributed by atoms with Gasteiger partial charge in [-0.3, -0.25) is 0 Å². The highest BCUT2D eigenvalue weighted by atomic mass is 14.9. The van der Waals surface area contributed by atoms with Gasteiger partial charge in [-0.1, -0.05) is 63.9 Å². The highest BCUT2D eigenvalue weighted by Crippen LogP contribution is 2.18. The fraction of sp³-hybridized carbons (Fsp3) is 0.667. The van der Waals surface area contributed by atoms with Crippen LogP contribution < -0.4 is 5.32 Å². The Hall–Kier alpha value is -0.820. The summed E-state index contributed by atoms with van der Waals surface area (Å²) in [6.45, 7) is 7.95. The lowest BCUT2D eigenvalue weighted by molar-refractivity contribution is 0.351. The monoisotopic (exact) mass is 261 g/mol. The molecule has 1 nitrogen and oxygen atoms in total. The lowest BCUT2D eigenvalue weighted by Gasteiger charge is -2.22. The van der Waals surface area contributed by atoms with Gasteiger partial charge in [0.15, 0.2) is 0 Å². The Morgan fingerprint density at radius 3 is 2.26 bits per heavy atom. The van der Waals surface area contributed by atoms with Crippen LogP contribution in [0.5, 0.6) is 0 Å². The molecule has 0 spiro atoms. The molecule has 0 aromatic heterocycles. The number of rotatable bonds is 10. The quantitative estimate of drug-likeness (QED) is 0.637. The molecule has 0 aliphatic rings. The van der Waals surface area contributed by atoms with Crippen LogP contribution in [-0.4, -0.2) is 12.6 Å². The summed E-state index contributed by atoms with van der Waals surface area (Å²) in [6, 6.07) is 11.6. The van der Waals surface area contributed by atoms with Crippen molar-refractivity contribution in [3.05, 3.63) is 35.9 Å². The van der Waals surface area contributed by atoms with E-state index in [0.29, 0.717) is 6.04 Å². The van der Waals surface area contributed by atoms with Crippen LogP contribution in [0.15, 0.2) is 30.3 Å². The van der Waals surface area contributed by atoms with Gasteiger partial charge in [0.05, 0.1) is 0 Å².